The lowest BCUT2D eigenvalue weighted by Crippen LogP contribution is -2.27. The van der Waals surface area contributed by atoms with Crippen LogP contribution in [0.1, 0.15) is 11.6 Å². The topological polar surface area (TPSA) is 63.5 Å². The molecule has 0 spiro atoms. The second kappa shape index (κ2) is 5.50. The lowest BCUT2D eigenvalue weighted by atomic mass is 10.0. The number of hydrogen-bond acceptors (Lipinski definition) is 4. The number of methoxy groups -OCH3 is 2. The van der Waals surface area contributed by atoms with Crippen molar-refractivity contribution in [3.05, 3.63) is 23.9 Å². The minimum atomic E-state index is 0.134. The van der Waals surface area contributed by atoms with Gasteiger partial charge in [0, 0.05) is 18.8 Å². The second-order valence-electron chi connectivity index (χ2n) is 4.68. The average Bonchev–Trinajstić information content (AvgIpc) is 2.83. The van der Waals surface area contributed by atoms with Crippen molar-refractivity contribution in [3.8, 4) is 11.5 Å². The van der Waals surface area contributed by atoms with Gasteiger partial charge < -0.3 is 25.1 Å². The maximum atomic E-state index is 5.89. The molecule has 0 radical (unpaired) electrons. The molecule has 3 N–H and O–H groups in total. The van der Waals surface area contributed by atoms with Crippen molar-refractivity contribution in [1.29, 1.82) is 0 Å². The van der Waals surface area contributed by atoms with Gasteiger partial charge in [-0.2, -0.15) is 0 Å². The van der Waals surface area contributed by atoms with E-state index in [9.17, 15) is 0 Å². The van der Waals surface area contributed by atoms with Crippen LogP contribution in [0.3, 0.4) is 0 Å². The number of aromatic amines is 1. The quantitative estimate of drug-likeness (QED) is 0.862. The molecule has 0 aliphatic heterocycles. The number of fused-ring (bicyclic) bond motifs is 1. The van der Waals surface area contributed by atoms with Crippen molar-refractivity contribution in [2.24, 2.45) is 5.73 Å². The smallest absolute Gasteiger partial charge is 0.143 e. The Bertz CT molecular complexity index is 563. The molecule has 1 aromatic carbocycles. The summed E-state index contributed by atoms with van der Waals surface area (Å²) in [6.07, 6.45) is 1.98. The van der Waals surface area contributed by atoms with E-state index in [1.807, 2.05) is 32.4 Å². The van der Waals surface area contributed by atoms with Crippen LogP contribution in [0.4, 0.5) is 0 Å². The van der Waals surface area contributed by atoms with E-state index in [0.29, 0.717) is 6.54 Å². The molecule has 0 bridgehead atoms. The van der Waals surface area contributed by atoms with Crippen molar-refractivity contribution < 1.29 is 9.47 Å². The van der Waals surface area contributed by atoms with Gasteiger partial charge in [-0.1, -0.05) is 0 Å². The lowest BCUT2D eigenvalue weighted by molar-refractivity contribution is 0.307. The zero-order valence-corrected chi connectivity index (χ0v) is 11.9. The Hall–Kier alpha value is -1.72. The molecular formula is C14H21N3O2. The summed E-state index contributed by atoms with van der Waals surface area (Å²) in [5.74, 6) is 1.63. The van der Waals surface area contributed by atoms with Gasteiger partial charge in [-0.15, -0.1) is 0 Å². The fourth-order valence-electron chi connectivity index (χ4n) is 2.44. The number of nitrogens with two attached hydrogens (primary N) is 1. The Morgan fingerprint density at radius 2 is 1.84 bits per heavy atom. The number of likely N-dealkylation sites (N-methyl/N-ethyl adjacent to an activating group) is 1. The van der Waals surface area contributed by atoms with E-state index in [1.165, 1.54) is 0 Å². The van der Waals surface area contributed by atoms with Crippen LogP contribution in [0.25, 0.3) is 10.9 Å². The fraction of sp³-hybridized carbons (Fsp3) is 0.429. The highest BCUT2D eigenvalue weighted by Crippen LogP contribution is 2.38. The van der Waals surface area contributed by atoms with Crippen LogP contribution in [0.2, 0.25) is 0 Å². The molecule has 5 nitrogen and oxygen atoms in total. The van der Waals surface area contributed by atoms with Crippen LogP contribution in [-0.2, 0) is 0 Å². The molecule has 1 heterocycles. The van der Waals surface area contributed by atoms with E-state index in [0.717, 1.165) is 28.0 Å². The third-order valence-electron chi connectivity index (χ3n) is 3.43. The molecule has 2 rings (SSSR count). The minimum absolute atomic E-state index is 0.134. The molecule has 0 amide bonds. The zero-order valence-electron chi connectivity index (χ0n) is 11.9. The standard InChI is InChI=1S/C14H21N3O2/c1-17(2)10(7-15)9-8-16-14-12(19-4)6-5-11(18-3)13(9)14/h5-6,8,10,16H,7,15H2,1-4H3. The molecule has 19 heavy (non-hydrogen) atoms. The third-order valence-corrected chi connectivity index (χ3v) is 3.43. The summed E-state index contributed by atoms with van der Waals surface area (Å²) >= 11 is 0. The van der Waals surface area contributed by atoms with Gasteiger partial charge in [-0.25, -0.2) is 0 Å². The Balaban J connectivity index is 2.69. The summed E-state index contributed by atoms with van der Waals surface area (Å²) in [6.45, 7) is 0.542. The van der Waals surface area contributed by atoms with Gasteiger partial charge in [-0.05, 0) is 31.8 Å². The molecule has 0 saturated carbocycles. The monoisotopic (exact) mass is 263 g/mol. The molecule has 1 atom stereocenters. The van der Waals surface area contributed by atoms with Crippen molar-refractivity contribution in [2.45, 2.75) is 6.04 Å². The average molecular weight is 263 g/mol. The van der Waals surface area contributed by atoms with Crippen molar-refractivity contribution in [1.82, 2.24) is 9.88 Å². The van der Waals surface area contributed by atoms with Gasteiger partial charge in [-0.3, -0.25) is 0 Å². The van der Waals surface area contributed by atoms with E-state index in [1.54, 1.807) is 14.2 Å². The first kappa shape index (κ1) is 13.7. The van der Waals surface area contributed by atoms with Crippen molar-refractivity contribution >= 4 is 10.9 Å². The minimum Gasteiger partial charge on any atom is -0.496 e. The Labute approximate surface area is 113 Å². The lowest BCUT2D eigenvalue weighted by Gasteiger charge is -2.22. The fourth-order valence-corrected chi connectivity index (χ4v) is 2.44. The molecule has 5 heteroatoms. The van der Waals surface area contributed by atoms with Crippen molar-refractivity contribution in [3.63, 3.8) is 0 Å². The summed E-state index contributed by atoms with van der Waals surface area (Å²) in [4.78, 5) is 5.36. The number of rotatable bonds is 5. The summed E-state index contributed by atoms with van der Waals surface area (Å²) in [6, 6.07) is 3.95. The number of nitrogens with zero attached hydrogens (tertiary/aromatic N) is 1. The van der Waals surface area contributed by atoms with Gasteiger partial charge in [0.15, 0.2) is 0 Å². The number of ether oxygens (including phenoxy) is 2. The van der Waals surface area contributed by atoms with Crippen LogP contribution in [0, 0.1) is 0 Å². The summed E-state index contributed by atoms with van der Waals surface area (Å²) in [5, 5.41) is 1.03. The van der Waals surface area contributed by atoms with E-state index < -0.39 is 0 Å². The van der Waals surface area contributed by atoms with E-state index >= 15 is 0 Å². The van der Waals surface area contributed by atoms with Crippen LogP contribution in [0.5, 0.6) is 11.5 Å². The molecule has 104 valence electrons. The molecule has 2 aromatic rings. The second-order valence-corrected chi connectivity index (χ2v) is 4.68. The normalized spacial score (nSPS) is 12.9. The van der Waals surface area contributed by atoms with Crippen LogP contribution < -0.4 is 15.2 Å². The summed E-state index contributed by atoms with van der Waals surface area (Å²) < 4.78 is 10.8. The van der Waals surface area contributed by atoms with Crippen molar-refractivity contribution in [2.75, 3.05) is 34.9 Å². The predicted octanol–water partition coefficient (Wildman–Crippen LogP) is 1.75. The van der Waals surface area contributed by atoms with E-state index in [4.69, 9.17) is 15.2 Å². The first-order valence-corrected chi connectivity index (χ1v) is 6.22. The Kier molecular flexibility index (Phi) is 3.97. The maximum absolute atomic E-state index is 5.89. The van der Waals surface area contributed by atoms with Crippen LogP contribution in [-0.4, -0.2) is 44.7 Å². The molecule has 0 aliphatic carbocycles. The van der Waals surface area contributed by atoms with Gasteiger partial charge >= 0.3 is 0 Å². The number of nitrogens with one attached hydrogen (secondary N) is 1. The number of aromatic nitrogens is 1. The number of H-pyrrole nitrogens is 1. The zero-order chi connectivity index (χ0) is 14.0. The predicted molar refractivity (Wildman–Crippen MR) is 76.9 cm³/mol. The maximum Gasteiger partial charge on any atom is 0.143 e. The van der Waals surface area contributed by atoms with Gasteiger partial charge in [0.05, 0.1) is 25.1 Å². The third kappa shape index (κ3) is 2.27. The number of hydrogen-bond donors (Lipinski definition) is 2. The first-order valence-electron chi connectivity index (χ1n) is 6.22. The van der Waals surface area contributed by atoms with Gasteiger partial charge in [0.25, 0.3) is 0 Å². The van der Waals surface area contributed by atoms with Crippen LogP contribution in [0.15, 0.2) is 18.3 Å². The summed E-state index contributed by atoms with van der Waals surface area (Å²) in [5.41, 5.74) is 7.96. The van der Waals surface area contributed by atoms with Crippen LogP contribution >= 0.6 is 0 Å². The Morgan fingerprint density at radius 3 is 2.37 bits per heavy atom. The highest BCUT2D eigenvalue weighted by molar-refractivity contribution is 5.94. The van der Waals surface area contributed by atoms with E-state index in [-0.39, 0.29) is 6.04 Å². The molecule has 0 aliphatic rings. The molecule has 0 fully saturated rings. The highest BCUT2D eigenvalue weighted by Gasteiger charge is 2.20. The SMILES string of the molecule is COc1ccc(OC)c2c(C(CN)N(C)C)c[nH]c12. The Morgan fingerprint density at radius 1 is 1.21 bits per heavy atom. The highest BCUT2D eigenvalue weighted by atomic mass is 16.5. The molecule has 0 saturated heterocycles. The van der Waals surface area contributed by atoms with E-state index in [2.05, 4.69) is 9.88 Å². The molecule has 1 unspecified atom stereocenters. The van der Waals surface area contributed by atoms with Gasteiger partial charge in [0.2, 0.25) is 0 Å². The van der Waals surface area contributed by atoms with Gasteiger partial charge in [0.1, 0.15) is 11.5 Å². The molecule has 1 aromatic heterocycles. The number of benzene rings is 1. The molecular weight excluding hydrogens is 242 g/mol. The first-order chi connectivity index (χ1) is 9.13. The largest absolute Gasteiger partial charge is 0.496 e. The summed E-state index contributed by atoms with van der Waals surface area (Å²) in [7, 11) is 7.37.